The third-order valence-corrected chi connectivity index (χ3v) is 17.4. The van der Waals surface area contributed by atoms with Crippen molar-refractivity contribution in [3.05, 3.63) is 0 Å². The Morgan fingerprint density at radius 2 is 1.00 bits per heavy atom. The first-order chi connectivity index (χ1) is 11.3. The molecule has 0 aliphatic carbocycles. The molecule has 144 valence electrons. The number of hydrogen-bond donors (Lipinski definition) is 0. The molecule has 0 saturated carbocycles. The van der Waals surface area contributed by atoms with Crippen molar-refractivity contribution in [1.29, 1.82) is 0 Å². The van der Waals surface area contributed by atoms with Gasteiger partial charge in [0.25, 0.3) is 0 Å². The maximum atomic E-state index is 2.69. The summed E-state index contributed by atoms with van der Waals surface area (Å²) in [6, 6.07) is 1.43. The SMILES string of the molecule is CCCN(CC[CH2][In]([CH2]CCN(CCC)C(C)C)[CH](C)C)C(C)C. The van der Waals surface area contributed by atoms with E-state index in [1.165, 1.54) is 51.9 Å². The molecule has 0 aliphatic rings. The molecule has 0 aromatic heterocycles. The summed E-state index contributed by atoms with van der Waals surface area (Å²) < 4.78 is 4.26. The van der Waals surface area contributed by atoms with Crippen molar-refractivity contribution in [2.75, 3.05) is 26.2 Å². The van der Waals surface area contributed by atoms with E-state index in [-0.39, 0.29) is 0 Å². The van der Waals surface area contributed by atoms with E-state index in [0.717, 1.165) is 3.67 Å². The van der Waals surface area contributed by atoms with Crippen LogP contribution in [-0.2, 0) is 0 Å². The van der Waals surface area contributed by atoms with Gasteiger partial charge in [0.1, 0.15) is 0 Å². The fourth-order valence-corrected chi connectivity index (χ4v) is 12.4. The van der Waals surface area contributed by atoms with Crippen LogP contribution in [0.2, 0.25) is 12.0 Å². The first kappa shape index (κ1) is 24.8. The predicted octanol–water partition coefficient (Wildman–Crippen LogP) is 5.91. The standard InChI is InChI=1S/2C9H20N.C3H7.In/c2*1-5-7-10(8-6-2)9(3)4;1-3-2;/h2*9H,1,5-8H2,2-4H3;3H,1-2H3;. The number of nitrogens with zero attached hydrogens (tertiary/aromatic N) is 2. The molecule has 3 heteroatoms. The second-order valence-electron chi connectivity index (χ2n) is 8.55. The summed E-state index contributed by atoms with van der Waals surface area (Å²) in [7, 11) is 0. The van der Waals surface area contributed by atoms with Gasteiger partial charge in [-0.2, -0.15) is 0 Å². The van der Waals surface area contributed by atoms with Crippen LogP contribution in [0.1, 0.15) is 81.1 Å². The molecule has 0 bridgehead atoms. The zero-order valence-electron chi connectivity index (χ0n) is 18.3. The van der Waals surface area contributed by atoms with E-state index in [1.54, 1.807) is 8.35 Å². The molecule has 0 atom stereocenters. The van der Waals surface area contributed by atoms with Crippen LogP contribution >= 0.6 is 0 Å². The minimum atomic E-state index is -1.34. The molecule has 2 nitrogen and oxygen atoms in total. The molecule has 0 spiro atoms. The molecule has 0 aromatic carbocycles. The normalized spacial score (nSPS) is 12.4. The van der Waals surface area contributed by atoms with Crippen LogP contribution in [0.3, 0.4) is 0 Å². The molecule has 0 aromatic rings. The van der Waals surface area contributed by atoms with E-state index in [4.69, 9.17) is 0 Å². The molecule has 0 N–H and O–H groups in total. The van der Waals surface area contributed by atoms with Crippen LogP contribution < -0.4 is 0 Å². The molecule has 0 rings (SSSR count). The molecule has 0 unspecified atom stereocenters. The number of rotatable bonds is 15. The summed E-state index contributed by atoms with van der Waals surface area (Å²) in [6.07, 6.45) is 5.50. The summed E-state index contributed by atoms with van der Waals surface area (Å²) >= 11 is -1.34. The van der Waals surface area contributed by atoms with Crippen molar-refractivity contribution in [2.45, 2.75) is 105 Å². The van der Waals surface area contributed by atoms with Crippen LogP contribution in [0.25, 0.3) is 0 Å². The van der Waals surface area contributed by atoms with Crippen LogP contribution in [0.5, 0.6) is 0 Å². The van der Waals surface area contributed by atoms with Gasteiger partial charge in [-0.1, -0.05) is 0 Å². The molecular formula is C21H47InN2. The molecular weight excluding hydrogens is 395 g/mol. The Hall–Kier alpha value is 0.790. The van der Waals surface area contributed by atoms with Gasteiger partial charge in [-0.15, -0.1) is 0 Å². The summed E-state index contributed by atoms with van der Waals surface area (Å²) in [4.78, 5) is 5.37. The average molecular weight is 442 g/mol. The van der Waals surface area contributed by atoms with Crippen molar-refractivity contribution >= 4 is 21.4 Å². The molecule has 0 aliphatic heterocycles. The zero-order valence-corrected chi connectivity index (χ0v) is 21.6. The molecule has 0 radical (unpaired) electrons. The van der Waals surface area contributed by atoms with E-state index in [0.29, 0.717) is 12.1 Å². The van der Waals surface area contributed by atoms with E-state index < -0.39 is 21.4 Å². The maximum absolute atomic E-state index is 2.69. The van der Waals surface area contributed by atoms with Gasteiger partial charge < -0.3 is 0 Å². The average Bonchev–Trinajstić information content (AvgIpc) is 2.50. The second-order valence-corrected chi connectivity index (χ2v) is 20.0. The van der Waals surface area contributed by atoms with E-state index in [1.807, 2.05) is 0 Å². The van der Waals surface area contributed by atoms with Crippen LogP contribution in [0, 0.1) is 0 Å². The predicted molar refractivity (Wildman–Crippen MR) is 114 cm³/mol. The van der Waals surface area contributed by atoms with Gasteiger partial charge in [0, 0.05) is 0 Å². The van der Waals surface area contributed by atoms with Gasteiger partial charge in [-0.3, -0.25) is 0 Å². The molecule has 24 heavy (non-hydrogen) atoms. The van der Waals surface area contributed by atoms with Gasteiger partial charge in [0.05, 0.1) is 0 Å². The van der Waals surface area contributed by atoms with E-state index in [2.05, 4.69) is 65.2 Å². The first-order valence-corrected chi connectivity index (χ1v) is 17.4. The van der Waals surface area contributed by atoms with Crippen molar-refractivity contribution in [3.63, 3.8) is 0 Å². The first-order valence-electron chi connectivity index (χ1n) is 10.8. The van der Waals surface area contributed by atoms with E-state index in [9.17, 15) is 0 Å². The fraction of sp³-hybridized carbons (Fsp3) is 1.00. The van der Waals surface area contributed by atoms with Gasteiger partial charge in [-0.25, -0.2) is 0 Å². The summed E-state index contributed by atoms with van der Waals surface area (Å²) in [6.45, 7) is 24.3. The molecule has 0 saturated heterocycles. The second kappa shape index (κ2) is 14.9. The van der Waals surface area contributed by atoms with Gasteiger partial charge in [0.2, 0.25) is 0 Å². The van der Waals surface area contributed by atoms with Crippen LogP contribution in [0.4, 0.5) is 0 Å². The van der Waals surface area contributed by atoms with Gasteiger partial charge in [0.15, 0.2) is 0 Å². The van der Waals surface area contributed by atoms with Crippen molar-refractivity contribution in [1.82, 2.24) is 9.80 Å². The summed E-state index contributed by atoms with van der Waals surface area (Å²) in [5.74, 6) is 0. The zero-order chi connectivity index (χ0) is 18.5. The fourth-order valence-electron chi connectivity index (χ4n) is 3.75. The monoisotopic (exact) mass is 442 g/mol. The minimum absolute atomic E-state index is 0.714. The Morgan fingerprint density at radius 1 is 0.625 bits per heavy atom. The van der Waals surface area contributed by atoms with Crippen molar-refractivity contribution < 1.29 is 0 Å². The molecule has 0 fully saturated rings. The van der Waals surface area contributed by atoms with Crippen LogP contribution in [0.15, 0.2) is 0 Å². The Balaban J connectivity index is 4.21. The molecule has 0 amide bonds. The Morgan fingerprint density at radius 3 is 1.25 bits per heavy atom. The third kappa shape index (κ3) is 11.4. The molecule has 0 heterocycles. The van der Waals surface area contributed by atoms with E-state index >= 15 is 0 Å². The van der Waals surface area contributed by atoms with Gasteiger partial charge in [-0.05, 0) is 0 Å². The summed E-state index contributed by atoms with van der Waals surface area (Å²) in [5.41, 5.74) is 0. The number of hydrogen-bond acceptors (Lipinski definition) is 2. The van der Waals surface area contributed by atoms with Gasteiger partial charge >= 0.3 is 163 Å². The Kier molecular flexibility index (Phi) is 15.4. The van der Waals surface area contributed by atoms with Crippen LogP contribution in [-0.4, -0.2) is 69.5 Å². The summed E-state index contributed by atoms with van der Waals surface area (Å²) in [5, 5.41) is 0. The Labute approximate surface area is 162 Å². The topological polar surface area (TPSA) is 6.48 Å². The third-order valence-electron chi connectivity index (χ3n) is 5.47. The quantitative estimate of drug-likeness (QED) is 0.311. The van der Waals surface area contributed by atoms with Crippen molar-refractivity contribution in [3.8, 4) is 0 Å². The Bertz CT molecular complexity index is 255. The van der Waals surface area contributed by atoms with Crippen molar-refractivity contribution in [2.24, 2.45) is 0 Å².